The lowest BCUT2D eigenvalue weighted by molar-refractivity contribution is 0.0708. The Balaban J connectivity index is 2.29. The molecule has 0 spiro atoms. The van der Waals surface area contributed by atoms with Crippen LogP contribution in [0.4, 0.5) is 10.1 Å². The Morgan fingerprint density at radius 1 is 1.56 bits per heavy atom. The summed E-state index contributed by atoms with van der Waals surface area (Å²) < 4.78 is 13.5. The van der Waals surface area contributed by atoms with Gasteiger partial charge in [-0.1, -0.05) is 6.07 Å². The molecule has 0 bridgehead atoms. The average Bonchev–Trinajstić information content (AvgIpc) is 3.19. The highest BCUT2D eigenvalue weighted by molar-refractivity contribution is 6.00. The molecular weight excluding hydrogens is 237 g/mol. The van der Waals surface area contributed by atoms with Crippen LogP contribution in [0.5, 0.6) is 0 Å². The Bertz CT molecular complexity index is 449. The van der Waals surface area contributed by atoms with Crippen LogP contribution in [0.1, 0.15) is 23.2 Å². The van der Waals surface area contributed by atoms with E-state index in [1.165, 1.54) is 18.2 Å². The van der Waals surface area contributed by atoms with E-state index in [9.17, 15) is 9.18 Å². The number of nitrogens with zero attached hydrogens (tertiary/aromatic N) is 1. The number of anilines is 1. The van der Waals surface area contributed by atoms with Gasteiger partial charge in [-0.25, -0.2) is 4.39 Å². The molecule has 4 N–H and O–H groups in total. The zero-order valence-corrected chi connectivity index (χ0v) is 9.90. The summed E-state index contributed by atoms with van der Waals surface area (Å²) in [6, 6.07) is 4.37. The van der Waals surface area contributed by atoms with Crippen LogP contribution >= 0.6 is 0 Å². The number of halogens is 1. The predicted molar refractivity (Wildman–Crippen MR) is 65.4 cm³/mol. The fourth-order valence-corrected chi connectivity index (χ4v) is 1.95. The number of nitrogen functional groups attached to an aromatic ring is 1. The van der Waals surface area contributed by atoms with Gasteiger partial charge in [0.05, 0.1) is 17.9 Å². The molecule has 1 aromatic rings. The predicted octanol–water partition coefficient (Wildman–Crippen LogP) is 0.708. The maximum atomic E-state index is 13.5. The van der Waals surface area contributed by atoms with Gasteiger partial charge in [0.2, 0.25) is 0 Å². The number of carbonyl (C=O) groups is 1. The number of hydrazine groups is 1. The summed E-state index contributed by atoms with van der Waals surface area (Å²) in [7, 11) is 0. The van der Waals surface area contributed by atoms with Crippen molar-refractivity contribution in [2.45, 2.75) is 18.9 Å². The summed E-state index contributed by atoms with van der Waals surface area (Å²) in [6.45, 7) is 0.146. The first kappa shape index (κ1) is 12.8. The fraction of sp³-hybridized carbons (Fsp3) is 0.417. The second-order valence-corrected chi connectivity index (χ2v) is 4.26. The zero-order chi connectivity index (χ0) is 13.1. The number of hydrogen-bond acceptors (Lipinski definition) is 4. The average molecular weight is 253 g/mol. The van der Waals surface area contributed by atoms with Gasteiger partial charge in [-0.3, -0.25) is 10.6 Å². The molecule has 1 fully saturated rings. The van der Waals surface area contributed by atoms with Crippen LogP contribution in [-0.4, -0.2) is 35.1 Å². The third kappa shape index (κ3) is 2.44. The van der Waals surface area contributed by atoms with Crippen LogP contribution in [-0.2, 0) is 0 Å². The Labute approximate surface area is 104 Å². The highest BCUT2D eigenvalue weighted by atomic mass is 19.1. The van der Waals surface area contributed by atoms with Crippen molar-refractivity contribution in [2.24, 2.45) is 5.84 Å². The van der Waals surface area contributed by atoms with E-state index in [4.69, 9.17) is 10.9 Å². The van der Waals surface area contributed by atoms with E-state index >= 15 is 0 Å². The molecule has 0 atom stereocenters. The second-order valence-electron chi connectivity index (χ2n) is 4.26. The molecule has 98 valence electrons. The van der Waals surface area contributed by atoms with E-state index in [-0.39, 0.29) is 36.4 Å². The molecule has 0 saturated heterocycles. The van der Waals surface area contributed by atoms with Crippen LogP contribution in [0, 0.1) is 5.82 Å². The number of aliphatic hydroxyl groups excluding tert-OH is 1. The number of nitrogens with two attached hydrogens (primary N) is 1. The van der Waals surface area contributed by atoms with Crippen molar-refractivity contribution in [3.8, 4) is 0 Å². The first-order valence-electron chi connectivity index (χ1n) is 5.86. The number of para-hydroxylation sites is 1. The number of nitrogens with one attached hydrogen (secondary N) is 1. The van der Waals surface area contributed by atoms with Crippen molar-refractivity contribution in [3.63, 3.8) is 0 Å². The van der Waals surface area contributed by atoms with Crippen LogP contribution in [0.3, 0.4) is 0 Å². The maximum absolute atomic E-state index is 13.5. The quantitative estimate of drug-likeness (QED) is 0.533. The lowest BCUT2D eigenvalue weighted by Crippen LogP contribution is -2.36. The van der Waals surface area contributed by atoms with Gasteiger partial charge in [0.1, 0.15) is 5.82 Å². The number of rotatable bonds is 5. The summed E-state index contributed by atoms with van der Waals surface area (Å²) >= 11 is 0. The van der Waals surface area contributed by atoms with Crippen molar-refractivity contribution in [2.75, 3.05) is 18.6 Å². The van der Waals surface area contributed by atoms with Crippen molar-refractivity contribution in [1.29, 1.82) is 0 Å². The molecule has 1 aliphatic carbocycles. The van der Waals surface area contributed by atoms with Gasteiger partial charge >= 0.3 is 0 Å². The lowest BCUT2D eigenvalue weighted by Gasteiger charge is -2.22. The monoisotopic (exact) mass is 253 g/mol. The van der Waals surface area contributed by atoms with Crippen molar-refractivity contribution < 1.29 is 14.3 Å². The molecule has 5 nitrogen and oxygen atoms in total. The number of benzene rings is 1. The van der Waals surface area contributed by atoms with Gasteiger partial charge in [-0.05, 0) is 25.0 Å². The summed E-state index contributed by atoms with van der Waals surface area (Å²) in [5.41, 5.74) is 2.40. The smallest absolute Gasteiger partial charge is 0.256 e. The molecule has 1 aliphatic rings. The minimum atomic E-state index is -0.567. The molecule has 1 amide bonds. The van der Waals surface area contributed by atoms with Gasteiger partial charge in [0.25, 0.3) is 5.91 Å². The van der Waals surface area contributed by atoms with Gasteiger partial charge in [0.15, 0.2) is 0 Å². The first-order valence-corrected chi connectivity index (χ1v) is 5.86. The topological polar surface area (TPSA) is 78.6 Å². The van der Waals surface area contributed by atoms with E-state index in [1.54, 1.807) is 4.90 Å². The molecule has 0 unspecified atom stereocenters. The van der Waals surface area contributed by atoms with Crippen LogP contribution in [0.15, 0.2) is 18.2 Å². The first-order chi connectivity index (χ1) is 8.69. The zero-order valence-electron chi connectivity index (χ0n) is 9.90. The number of hydrogen-bond donors (Lipinski definition) is 3. The van der Waals surface area contributed by atoms with Gasteiger partial charge in [-0.2, -0.15) is 0 Å². The van der Waals surface area contributed by atoms with Crippen molar-refractivity contribution >= 4 is 11.6 Å². The summed E-state index contributed by atoms with van der Waals surface area (Å²) in [6.07, 6.45) is 1.85. The van der Waals surface area contributed by atoms with Gasteiger partial charge in [-0.15, -0.1) is 0 Å². The normalized spacial score (nSPS) is 14.4. The van der Waals surface area contributed by atoms with E-state index in [2.05, 4.69) is 5.43 Å². The summed E-state index contributed by atoms with van der Waals surface area (Å²) in [5.74, 6) is 4.37. The second kappa shape index (κ2) is 5.32. The van der Waals surface area contributed by atoms with E-state index in [1.807, 2.05) is 0 Å². The SMILES string of the molecule is NNc1c(F)cccc1C(=O)N(CCO)C1CC1. The van der Waals surface area contributed by atoms with Crippen LogP contribution < -0.4 is 11.3 Å². The molecule has 2 rings (SSSR count). The number of carbonyl (C=O) groups excluding carboxylic acids is 1. The Kier molecular flexibility index (Phi) is 3.78. The molecule has 0 aliphatic heterocycles. The molecule has 0 heterocycles. The largest absolute Gasteiger partial charge is 0.395 e. The summed E-state index contributed by atoms with van der Waals surface area (Å²) in [4.78, 5) is 13.9. The summed E-state index contributed by atoms with van der Waals surface area (Å²) in [5, 5.41) is 8.98. The fourth-order valence-electron chi connectivity index (χ4n) is 1.95. The van der Waals surface area contributed by atoms with Crippen molar-refractivity contribution in [3.05, 3.63) is 29.6 Å². The molecule has 0 aromatic heterocycles. The highest BCUT2D eigenvalue weighted by Gasteiger charge is 2.33. The molecule has 6 heteroatoms. The third-order valence-corrected chi connectivity index (χ3v) is 2.98. The highest BCUT2D eigenvalue weighted by Crippen LogP contribution is 2.29. The van der Waals surface area contributed by atoms with E-state index in [0.29, 0.717) is 0 Å². The molecule has 0 radical (unpaired) electrons. The van der Waals surface area contributed by atoms with Gasteiger partial charge in [0, 0.05) is 12.6 Å². The number of amides is 1. The molecule has 18 heavy (non-hydrogen) atoms. The Morgan fingerprint density at radius 3 is 2.83 bits per heavy atom. The molecular formula is C12H16FN3O2. The lowest BCUT2D eigenvalue weighted by atomic mass is 10.1. The molecule has 1 aromatic carbocycles. The maximum Gasteiger partial charge on any atom is 0.256 e. The standard InChI is InChI=1S/C12H16FN3O2/c13-10-3-1-2-9(11(10)15-14)12(18)16(6-7-17)8-4-5-8/h1-3,8,15,17H,4-7,14H2. The van der Waals surface area contributed by atoms with Crippen LogP contribution in [0.2, 0.25) is 0 Å². The van der Waals surface area contributed by atoms with Gasteiger partial charge < -0.3 is 15.4 Å². The number of aliphatic hydroxyl groups is 1. The minimum Gasteiger partial charge on any atom is -0.395 e. The minimum absolute atomic E-state index is 0.00825. The van der Waals surface area contributed by atoms with E-state index in [0.717, 1.165) is 12.8 Å². The van der Waals surface area contributed by atoms with Crippen molar-refractivity contribution in [1.82, 2.24) is 4.90 Å². The molecule has 1 saturated carbocycles. The van der Waals surface area contributed by atoms with E-state index < -0.39 is 5.82 Å². The van der Waals surface area contributed by atoms with Crippen LogP contribution in [0.25, 0.3) is 0 Å². The Morgan fingerprint density at radius 2 is 2.28 bits per heavy atom. The Hall–Kier alpha value is -1.66. The third-order valence-electron chi connectivity index (χ3n) is 2.98.